The van der Waals surface area contributed by atoms with Crippen LogP contribution >= 0.6 is 12.2 Å². The van der Waals surface area contributed by atoms with E-state index in [4.69, 9.17) is 18.0 Å². The van der Waals surface area contributed by atoms with Gasteiger partial charge in [0.05, 0.1) is 0 Å². The van der Waals surface area contributed by atoms with Gasteiger partial charge in [-0.25, -0.2) is 0 Å². The van der Waals surface area contributed by atoms with Crippen LogP contribution < -0.4 is 5.73 Å². The van der Waals surface area contributed by atoms with Crippen molar-refractivity contribution in [2.75, 3.05) is 33.7 Å². The van der Waals surface area contributed by atoms with Crippen LogP contribution in [0.4, 0.5) is 0 Å². The van der Waals surface area contributed by atoms with E-state index in [0.29, 0.717) is 16.5 Å². The van der Waals surface area contributed by atoms with E-state index in [2.05, 4.69) is 11.9 Å². The first-order valence-corrected chi connectivity index (χ1v) is 7.22. The van der Waals surface area contributed by atoms with Crippen molar-refractivity contribution < 1.29 is 4.79 Å². The molecule has 0 aromatic heterocycles. The normalized spacial score (nSPS) is 19.0. The van der Waals surface area contributed by atoms with E-state index in [0.717, 1.165) is 31.6 Å². The molecule has 0 aliphatic carbocycles. The Morgan fingerprint density at radius 3 is 2.80 bits per heavy atom. The average Bonchev–Trinajstić information content (AvgIpc) is 2.83. The Balaban J connectivity index is 2.03. The third-order valence-electron chi connectivity index (χ3n) is 3.76. The van der Waals surface area contributed by atoms with Crippen molar-refractivity contribution in [2.24, 2.45) is 11.7 Å². The second kappa shape index (κ2) is 6.33. The van der Waals surface area contributed by atoms with Gasteiger partial charge in [-0.05, 0) is 38.1 Å². The Morgan fingerprint density at radius 1 is 1.50 bits per heavy atom. The molecule has 1 aliphatic heterocycles. The fraction of sp³-hybridized carbons (Fsp3) is 0.467. The smallest absolute Gasteiger partial charge is 0.253 e. The number of benzene rings is 1. The van der Waals surface area contributed by atoms with Gasteiger partial charge in [-0.2, -0.15) is 0 Å². The molecule has 0 bridgehead atoms. The van der Waals surface area contributed by atoms with Gasteiger partial charge in [0.15, 0.2) is 0 Å². The highest BCUT2D eigenvalue weighted by Crippen LogP contribution is 2.16. The highest BCUT2D eigenvalue weighted by molar-refractivity contribution is 7.80. The van der Waals surface area contributed by atoms with E-state index in [9.17, 15) is 4.79 Å². The summed E-state index contributed by atoms with van der Waals surface area (Å²) in [5.41, 5.74) is 6.99. The zero-order valence-corrected chi connectivity index (χ0v) is 12.8. The SMILES string of the molecule is CN1CCC(CN(C)C(=O)c2cccc(C(N)=S)c2)C1. The van der Waals surface area contributed by atoms with Gasteiger partial charge in [0.2, 0.25) is 0 Å². The molecule has 0 spiro atoms. The lowest BCUT2D eigenvalue weighted by Gasteiger charge is -2.21. The van der Waals surface area contributed by atoms with Crippen molar-refractivity contribution in [3.05, 3.63) is 35.4 Å². The first-order chi connectivity index (χ1) is 9.47. The Bertz CT molecular complexity index is 518. The van der Waals surface area contributed by atoms with Crippen LogP contribution in [-0.4, -0.2) is 54.4 Å². The molecule has 2 rings (SSSR count). The third kappa shape index (κ3) is 3.55. The van der Waals surface area contributed by atoms with Crippen LogP contribution in [0.1, 0.15) is 22.3 Å². The molecule has 1 saturated heterocycles. The number of nitrogens with zero attached hydrogens (tertiary/aromatic N) is 2. The number of hydrogen-bond donors (Lipinski definition) is 1. The second-order valence-electron chi connectivity index (χ2n) is 5.55. The molecule has 1 unspecified atom stereocenters. The lowest BCUT2D eigenvalue weighted by Crippen LogP contribution is -2.33. The predicted molar refractivity (Wildman–Crippen MR) is 84.9 cm³/mol. The summed E-state index contributed by atoms with van der Waals surface area (Å²) in [5, 5.41) is 0. The molecular formula is C15H21N3OS. The zero-order valence-electron chi connectivity index (χ0n) is 12.0. The molecule has 0 saturated carbocycles. The number of likely N-dealkylation sites (tertiary alicyclic amines) is 1. The number of rotatable bonds is 4. The van der Waals surface area contributed by atoms with Gasteiger partial charge in [0.1, 0.15) is 4.99 Å². The van der Waals surface area contributed by atoms with Crippen molar-refractivity contribution in [3.63, 3.8) is 0 Å². The number of hydrogen-bond acceptors (Lipinski definition) is 3. The highest BCUT2D eigenvalue weighted by Gasteiger charge is 2.23. The molecule has 5 heteroatoms. The minimum absolute atomic E-state index is 0.0256. The molecule has 1 atom stereocenters. The standard InChI is InChI=1S/C15H21N3OS/c1-17-7-6-11(9-17)10-18(2)15(19)13-5-3-4-12(8-13)14(16)20/h3-5,8,11H,6-7,9-10H2,1-2H3,(H2,16,20). The monoisotopic (exact) mass is 291 g/mol. The molecule has 2 N–H and O–H groups in total. The lowest BCUT2D eigenvalue weighted by atomic mass is 10.1. The van der Waals surface area contributed by atoms with Crippen molar-refractivity contribution in [3.8, 4) is 0 Å². The van der Waals surface area contributed by atoms with Crippen molar-refractivity contribution in [1.29, 1.82) is 0 Å². The van der Waals surface area contributed by atoms with Crippen LogP contribution in [0.2, 0.25) is 0 Å². The van der Waals surface area contributed by atoms with E-state index in [1.54, 1.807) is 17.0 Å². The minimum atomic E-state index is 0.0256. The molecule has 1 amide bonds. The summed E-state index contributed by atoms with van der Waals surface area (Å²) in [6.45, 7) is 2.97. The van der Waals surface area contributed by atoms with E-state index >= 15 is 0 Å². The van der Waals surface area contributed by atoms with Crippen LogP contribution in [0.25, 0.3) is 0 Å². The molecule has 108 valence electrons. The zero-order chi connectivity index (χ0) is 14.7. The van der Waals surface area contributed by atoms with Gasteiger partial charge >= 0.3 is 0 Å². The predicted octanol–water partition coefficient (Wildman–Crippen LogP) is 1.34. The fourth-order valence-corrected chi connectivity index (χ4v) is 2.80. The maximum atomic E-state index is 12.4. The molecule has 4 nitrogen and oxygen atoms in total. The highest BCUT2D eigenvalue weighted by atomic mass is 32.1. The first kappa shape index (κ1) is 14.9. The topological polar surface area (TPSA) is 49.6 Å². The van der Waals surface area contributed by atoms with Gasteiger partial charge in [0.25, 0.3) is 5.91 Å². The van der Waals surface area contributed by atoms with E-state index in [1.165, 1.54) is 0 Å². The summed E-state index contributed by atoms with van der Waals surface area (Å²) in [6.07, 6.45) is 1.15. The fourth-order valence-electron chi connectivity index (χ4n) is 2.67. The van der Waals surface area contributed by atoms with Gasteiger partial charge in [-0.1, -0.05) is 24.4 Å². The van der Waals surface area contributed by atoms with E-state index < -0.39 is 0 Å². The number of thiocarbonyl (C=S) groups is 1. The van der Waals surface area contributed by atoms with Gasteiger partial charge < -0.3 is 15.5 Å². The lowest BCUT2D eigenvalue weighted by molar-refractivity contribution is 0.0774. The quantitative estimate of drug-likeness (QED) is 0.851. The summed E-state index contributed by atoms with van der Waals surface area (Å²) < 4.78 is 0. The van der Waals surface area contributed by atoms with Crippen LogP contribution in [0, 0.1) is 5.92 Å². The molecule has 0 radical (unpaired) electrons. The summed E-state index contributed by atoms with van der Waals surface area (Å²) in [5.74, 6) is 0.588. The van der Waals surface area contributed by atoms with Crippen LogP contribution in [0.15, 0.2) is 24.3 Å². The number of nitrogens with two attached hydrogens (primary N) is 1. The van der Waals surface area contributed by atoms with Crippen LogP contribution in [0.3, 0.4) is 0 Å². The largest absolute Gasteiger partial charge is 0.389 e. The average molecular weight is 291 g/mol. The summed E-state index contributed by atoms with van der Waals surface area (Å²) in [7, 11) is 3.97. The van der Waals surface area contributed by atoms with Crippen molar-refractivity contribution >= 4 is 23.1 Å². The van der Waals surface area contributed by atoms with Crippen molar-refractivity contribution in [2.45, 2.75) is 6.42 Å². The van der Waals surface area contributed by atoms with Crippen molar-refractivity contribution in [1.82, 2.24) is 9.80 Å². The Labute approximate surface area is 125 Å². The number of amides is 1. The molecule has 1 heterocycles. The number of carbonyl (C=O) groups excluding carboxylic acids is 1. The Kier molecular flexibility index (Phi) is 4.73. The van der Waals surface area contributed by atoms with Gasteiger partial charge in [-0.15, -0.1) is 0 Å². The summed E-state index contributed by atoms with van der Waals surface area (Å²) in [4.78, 5) is 16.8. The molecule has 1 aromatic rings. The van der Waals surface area contributed by atoms with Gasteiger partial charge in [0, 0.05) is 31.3 Å². The summed E-state index contributed by atoms with van der Waals surface area (Å²) >= 11 is 4.95. The molecule has 1 aromatic carbocycles. The Morgan fingerprint density at radius 2 is 2.20 bits per heavy atom. The third-order valence-corrected chi connectivity index (χ3v) is 4.00. The van der Waals surface area contributed by atoms with Gasteiger partial charge in [-0.3, -0.25) is 4.79 Å². The maximum absolute atomic E-state index is 12.4. The summed E-state index contributed by atoms with van der Waals surface area (Å²) in [6, 6.07) is 7.22. The minimum Gasteiger partial charge on any atom is -0.389 e. The molecular weight excluding hydrogens is 270 g/mol. The number of carbonyl (C=O) groups is 1. The molecule has 20 heavy (non-hydrogen) atoms. The maximum Gasteiger partial charge on any atom is 0.253 e. The van der Waals surface area contributed by atoms with Crippen LogP contribution in [0.5, 0.6) is 0 Å². The molecule has 1 fully saturated rings. The van der Waals surface area contributed by atoms with E-state index in [1.807, 2.05) is 19.2 Å². The molecule has 1 aliphatic rings. The Hall–Kier alpha value is -1.46. The first-order valence-electron chi connectivity index (χ1n) is 6.81. The van der Waals surface area contributed by atoms with E-state index in [-0.39, 0.29) is 5.91 Å². The second-order valence-corrected chi connectivity index (χ2v) is 5.99. The van der Waals surface area contributed by atoms with Crippen LogP contribution in [-0.2, 0) is 0 Å².